The molecule has 4 aromatic rings. The van der Waals surface area contributed by atoms with E-state index in [-0.39, 0.29) is 26.4 Å². The van der Waals surface area contributed by atoms with Gasteiger partial charge in [0.05, 0.1) is 26.4 Å². The summed E-state index contributed by atoms with van der Waals surface area (Å²) in [6.45, 7) is 15.8. The zero-order chi connectivity index (χ0) is 37.2. The second-order valence-electron chi connectivity index (χ2n) is 11.6. The standard InChI is InChI=1S/C36H48N4O8P4/c1-9-41-49(45-33-21-13-17-29(5)25-33)37-50(42-10-2,46-34-22-14-18-30(6)26-34)39-52(44-12-4,48-36-24-16-20-32(8)28-36)40-51(38-49,43-11-3)47-35-23-15-19-31(7)27-35/h13-28H,9-12H2,1-8H3. The molecule has 16 heteroatoms. The Kier molecular flexibility index (Phi) is 13.7. The quantitative estimate of drug-likeness (QED) is 0.103. The third-order valence-corrected chi connectivity index (χ3v) is 18.4. The van der Waals surface area contributed by atoms with Gasteiger partial charge in [0.1, 0.15) is 23.0 Å². The molecule has 0 amide bonds. The summed E-state index contributed by atoms with van der Waals surface area (Å²) in [5.41, 5.74) is 3.85. The van der Waals surface area contributed by atoms with Crippen LogP contribution in [0, 0.1) is 27.7 Å². The maximum atomic E-state index is 6.79. The first-order valence-corrected chi connectivity index (χ1v) is 23.3. The summed E-state index contributed by atoms with van der Waals surface area (Å²) in [6.07, 6.45) is 0. The fourth-order valence-electron chi connectivity index (χ4n) is 5.01. The van der Waals surface area contributed by atoms with Gasteiger partial charge < -0.3 is 18.1 Å². The van der Waals surface area contributed by atoms with Crippen molar-refractivity contribution < 1.29 is 36.2 Å². The first kappa shape index (κ1) is 40.0. The van der Waals surface area contributed by atoms with E-state index in [0.29, 0.717) is 23.0 Å². The van der Waals surface area contributed by atoms with Crippen molar-refractivity contribution in [3.8, 4) is 23.0 Å². The Labute approximate surface area is 308 Å². The molecule has 0 bridgehead atoms. The molecular weight excluding hydrogens is 740 g/mol. The molecule has 0 fully saturated rings. The fourth-order valence-corrected chi connectivity index (χ4v) is 17.4. The van der Waals surface area contributed by atoms with Crippen LogP contribution in [0.1, 0.15) is 49.9 Å². The lowest BCUT2D eigenvalue weighted by molar-refractivity contribution is 0.300. The highest BCUT2D eigenvalue weighted by molar-refractivity contribution is 7.79. The Hall–Kier alpha value is -3.16. The molecule has 0 aliphatic carbocycles. The average Bonchev–Trinajstić information content (AvgIpc) is 3.04. The normalized spacial score (nSPS) is 24.2. The van der Waals surface area contributed by atoms with Gasteiger partial charge in [-0.2, -0.15) is 0 Å². The van der Waals surface area contributed by atoms with Gasteiger partial charge in [0.25, 0.3) is 0 Å². The van der Waals surface area contributed by atoms with Crippen LogP contribution in [0.15, 0.2) is 115 Å². The Bertz CT molecular complexity index is 1770. The van der Waals surface area contributed by atoms with Crippen LogP contribution in [0.5, 0.6) is 23.0 Å². The number of nitrogens with zero attached hydrogens (tertiary/aromatic N) is 4. The van der Waals surface area contributed by atoms with Crippen LogP contribution >= 0.6 is 30.6 Å². The fraction of sp³-hybridized carbons (Fsp3) is 0.333. The van der Waals surface area contributed by atoms with E-state index in [1.165, 1.54) is 0 Å². The average molecular weight is 789 g/mol. The van der Waals surface area contributed by atoms with Gasteiger partial charge in [0.2, 0.25) is 0 Å². The molecule has 0 spiro atoms. The molecule has 52 heavy (non-hydrogen) atoms. The first-order chi connectivity index (χ1) is 25.0. The van der Waals surface area contributed by atoms with Crippen LogP contribution in [-0.2, 0) is 18.1 Å². The summed E-state index contributed by atoms with van der Waals surface area (Å²) < 4.78 is 74.4. The van der Waals surface area contributed by atoms with Gasteiger partial charge in [0.15, 0.2) is 0 Å². The summed E-state index contributed by atoms with van der Waals surface area (Å²) in [6, 6.07) is 30.2. The molecule has 0 N–H and O–H groups in total. The molecule has 5 rings (SSSR count). The van der Waals surface area contributed by atoms with E-state index in [2.05, 4.69) is 0 Å². The largest absolute Gasteiger partial charge is 0.422 e. The van der Waals surface area contributed by atoms with E-state index >= 15 is 0 Å². The van der Waals surface area contributed by atoms with E-state index in [0.717, 1.165) is 22.3 Å². The highest BCUT2D eigenvalue weighted by Crippen LogP contribution is 2.80. The number of hydrogen-bond donors (Lipinski definition) is 0. The molecule has 0 unspecified atom stereocenters. The zero-order valence-electron chi connectivity index (χ0n) is 30.9. The number of aryl methyl sites for hydroxylation is 4. The van der Waals surface area contributed by atoms with Crippen molar-refractivity contribution in [2.45, 2.75) is 55.4 Å². The van der Waals surface area contributed by atoms with Gasteiger partial charge in [-0.15, -0.1) is 18.1 Å². The maximum Gasteiger partial charge on any atom is 0.404 e. The lowest BCUT2D eigenvalue weighted by Gasteiger charge is -2.33. The Morgan fingerprint density at radius 1 is 0.365 bits per heavy atom. The van der Waals surface area contributed by atoms with E-state index in [1.54, 1.807) is 0 Å². The Morgan fingerprint density at radius 2 is 0.577 bits per heavy atom. The predicted octanol–water partition coefficient (Wildman–Crippen LogP) is 13.5. The molecule has 12 nitrogen and oxygen atoms in total. The molecular formula is C36H48N4O8P4. The van der Waals surface area contributed by atoms with E-state index < -0.39 is 30.6 Å². The predicted molar refractivity (Wildman–Crippen MR) is 211 cm³/mol. The first-order valence-electron chi connectivity index (χ1n) is 17.1. The van der Waals surface area contributed by atoms with Gasteiger partial charge in [0, 0.05) is 0 Å². The zero-order valence-corrected chi connectivity index (χ0v) is 34.5. The van der Waals surface area contributed by atoms with Crippen molar-refractivity contribution in [2.24, 2.45) is 18.1 Å². The summed E-state index contributed by atoms with van der Waals surface area (Å²) in [5, 5.41) is 0. The molecule has 0 radical (unpaired) electrons. The van der Waals surface area contributed by atoms with Gasteiger partial charge in [-0.05, 0) is 126 Å². The number of rotatable bonds is 16. The second kappa shape index (κ2) is 17.8. The number of hydrogen-bond acceptors (Lipinski definition) is 12. The molecule has 0 saturated carbocycles. The van der Waals surface area contributed by atoms with Gasteiger partial charge in [-0.3, -0.25) is 18.1 Å². The Balaban J connectivity index is 1.96. The van der Waals surface area contributed by atoms with Crippen LogP contribution in [0.4, 0.5) is 0 Å². The van der Waals surface area contributed by atoms with Gasteiger partial charge in [-0.1, -0.05) is 48.5 Å². The minimum atomic E-state index is -3.90. The van der Waals surface area contributed by atoms with E-state index in [1.807, 2.05) is 152 Å². The topological polar surface area (TPSA) is 123 Å². The second-order valence-corrected chi connectivity index (χ2v) is 20.2. The van der Waals surface area contributed by atoms with Crippen molar-refractivity contribution in [3.63, 3.8) is 0 Å². The minimum absolute atomic E-state index is 0.158. The maximum absolute atomic E-state index is 6.79. The molecule has 0 atom stereocenters. The van der Waals surface area contributed by atoms with Crippen LogP contribution in [0.2, 0.25) is 0 Å². The summed E-state index contributed by atoms with van der Waals surface area (Å²) in [7, 11) is -15.6. The van der Waals surface area contributed by atoms with Gasteiger partial charge in [-0.25, -0.2) is 0 Å². The van der Waals surface area contributed by atoms with Crippen LogP contribution in [0.25, 0.3) is 0 Å². The molecule has 280 valence electrons. The van der Waals surface area contributed by atoms with Crippen molar-refractivity contribution in [1.82, 2.24) is 0 Å². The highest BCUT2D eigenvalue weighted by Gasteiger charge is 2.46. The minimum Gasteiger partial charge on any atom is -0.422 e. The van der Waals surface area contributed by atoms with Crippen LogP contribution < -0.4 is 18.1 Å². The lowest BCUT2D eigenvalue weighted by Crippen LogP contribution is -2.08. The van der Waals surface area contributed by atoms with Crippen LogP contribution in [0.3, 0.4) is 0 Å². The molecule has 1 heterocycles. The summed E-state index contributed by atoms with van der Waals surface area (Å²) >= 11 is 0. The van der Waals surface area contributed by atoms with E-state index in [9.17, 15) is 0 Å². The highest BCUT2D eigenvalue weighted by atomic mass is 31.3. The third kappa shape index (κ3) is 10.5. The summed E-state index contributed by atoms with van der Waals surface area (Å²) in [5.74, 6) is 1.86. The lowest BCUT2D eigenvalue weighted by atomic mass is 10.2. The van der Waals surface area contributed by atoms with Crippen LogP contribution in [-0.4, -0.2) is 26.4 Å². The van der Waals surface area contributed by atoms with Crippen molar-refractivity contribution in [3.05, 3.63) is 119 Å². The molecule has 0 aromatic heterocycles. The molecule has 1 aliphatic rings. The molecule has 4 aromatic carbocycles. The third-order valence-electron chi connectivity index (χ3n) is 6.95. The Morgan fingerprint density at radius 3 is 0.750 bits per heavy atom. The van der Waals surface area contributed by atoms with Gasteiger partial charge >= 0.3 is 30.6 Å². The molecule has 1 aliphatic heterocycles. The van der Waals surface area contributed by atoms with E-state index in [4.69, 9.17) is 54.3 Å². The monoisotopic (exact) mass is 788 g/mol. The number of benzene rings is 4. The molecule has 0 saturated heterocycles. The van der Waals surface area contributed by atoms with Crippen molar-refractivity contribution in [2.75, 3.05) is 26.4 Å². The summed E-state index contributed by atoms with van der Waals surface area (Å²) in [4.78, 5) is 0. The SMILES string of the molecule is CCOP1(Oc2cccc(C)c2)=NP(OCC)(Oc2cccc(C)c2)=NP(OCC)(Oc2cccc(C)c2)=NP(OCC)(Oc2cccc(C)c2)=N1. The van der Waals surface area contributed by atoms with Crippen molar-refractivity contribution >= 4 is 30.6 Å². The smallest absolute Gasteiger partial charge is 0.404 e. The van der Waals surface area contributed by atoms with Crippen molar-refractivity contribution in [1.29, 1.82) is 0 Å².